The summed E-state index contributed by atoms with van der Waals surface area (Å²) in [7, 11) is 7.89. The Hall–Kier alpha value is 6.06. The van der Waals surface area contributed by atoms with E-state index in [2.05, 4.69) is 162 Å². The van der Waals surface area contributed by atoms with Gasteiger partial charge in [-0.2, -0.15) is 118 Å². The van der Waals surface area contributed by atoms with Crippen LogP contribution in [-0.4, -0.2) is 172 Å². The summed E-state index contributed by atoms with van der Waals surface area (Å²) in [5.41, 5.74) is 0. The maximum absolute atomic E-state index is 2.28. The average Bonchev–Trinajstić information content (AvgIpc) is 1.85. The normalized spacial score (nSPS) is 23.0. The molecule has 14 aliphatic heterocycles. The lowest BCUT2D eigenvalue weighted by Gasteiger charge is -2.31. The monoisotopic (exact) mass is 1690 g/mol. The smallest absolute Gasteiger partial charge is 0.0505 e. The summed E-state index contributed by atoms with van der Waals surface area (Å²) in [6.45, 7) is 2.28. The fourth-order valence-corrected chi connectivity index (χ4v) is 36.5. The summed E-state index contributed by atoms with van der Waals surface area (Å²) in [6, 6.07) is 25.7. The van der Waals surface area contributed by atoms with E-state index in [4.69, 9.17) is 0 Å². The lowest BCUT2D eigenvalue weighted by molar-refractivity contribution is 0.388. The Bertz CT molecular complexity index is 1790. The lowest BCUT2D eigenvalue weighted by atomic mass is 9.85. The SMILES string of the molecule is C1CCC2(CC1)CCCS2.C1CCCSCC1.C1CCSC1.C1CCSCC1.C1CS1.C1CSC1.C1CSCCS1.C1CSCS1.C1CSSC1.C1SCSCS1.C1SCSS1.CC1CSCS1.c1ccc2c(c1)SCCS2.c1ccc2c(c1)Sc1ccccc1S2. The molecule has 0 N–H and O–H groups in total. The van der Waals surface area contributed by atoms with Crippen molar-refractivity contribution in [3.63, 3.8) is 0 Å². The van der Waals surface area contributed by atoms with E-state index in [-0.39, 0.29) is 0 Å². The summed E-state index contributed by atoms with van der Waals surface area (Å²) in [4.78, 5) is 8.40. The Morgan fingerprint density at radius 1 is 0.261 bits per heavy atom. The second-order valence-corrected chi connectivity index (χ2v) is 52.7. The molecular weight excluding hydrogens is 1590 g/mol. The zero-order valence-electron chi connectivity index (χ0n) is 55.0. The molecule has 92 heavy (non-hydrogen) atoms. The maximum Gasteiger partial charge on any atom is 0.0505 e. The summed E-state index contributed by atoms with van der Waals surface area (Å²) in [5, 5.41) is 10.1. The van der Waals surface area contributed by atoms with E-state index >= 15 is 0 Å². The highest BCUT2D eigenvalue weighted by atomic mass is 33.1. The van der Waals surface area contributed by atoms with E-state index in [1.54, 1.807) is 0 Å². The van der Waals surface area contributed by atoms with E-state index < -0.39 is 0 Å². The van der Waals surface area contributed by atoms with Gasteiger partial charge in [0.1, 0.15) is 0 Å². The number of fused-ring (bicyclic) bond motifs is 3. The second-order valence-electron chi connectivity index (χ2n) is 21.8. The quantitative estimate of drug-likeness (QED) is 0.121. The number of rotatable bonds is 0. The summed E-state index contributed by atoms with van der Waals surface area (Å²) in [5.74, 6) is 30.5. The van der Waals surface area contributed by atoms with Gasteiger partial charge in [0.15, 0.2) is 0 Å². The standard InChI is InChI=1S/C12H8S2.C9H16S.C8H8S2.C6H12S.C5H10S.2C4H8S2.C4H8S.C3H6S3.2C3H6S2.C3H6S.C2H4S3.C2H4S/c1-2-6-10-9(5-1)13-11-7-3-4-8-12(11)14-10;1-2-5-9(6-3-1)7-4-8-10-9;1-2-4-8-7(3-1)9-5-6-10-8;1-2-4-6-7-5-3-1;1-2-4-6-5-3-1;1-4-2-5-3-6-4;1-2-6-4-3-5-1;1-2-4-5-3-1;1-4-2-6-3-5-1;1-2-5-3-4-1;1-2-4-5-3-1;1-2-4-3-1;1-3-2-5-4-1;1-2-3-1/h1-8H;1-8H2;1-4H,5-6H2;1-6H2;1-5H2;4H,2-3H2,1H3;1-4H2;1-4H2;1-3H2;2*1-3H2;1-3H2;1-2H2;1-2H2. The van der Waals surface area contributed by atoms with Gasteiger partial charge in [-0.1, -0.05) is 149 Å². The van der Waals surface area contributed by atoms with Gasteiger partial charge < -0.3 is 0 Å². The van der Waals surface area contributed by atoms with Crippen LogP contribution in [0.2, 0.25) is 0 Å². The third kappa shape index (κ3) is 51.3. The molecule has 1 spiro atoms. The Balaban J connectivity index is 0.000000183. The summed E-state index contributed by atoms with van der Waals surface area (Å²) < 4.78 is 0.790. The molecule has 24 heteroatoms. The van der Waals surface area contributed by atoms with Crippen molar-refractivity contribution in [3.05, 3.63) is 72.8 Å². The topological polar surface area (TPSA) is 0 Å². The van der Waals surface area contributed by atoms with Gasteiger partial charge in [-0.15, -0.1) is 94.1 Å². The van der Waals surface area contributed by atoms with Gasteiger partial charge in [0.05, 0.1) is 10.2 Å². The first-order chi connectivity index (χ1) is 45.7. The number of hydrogen-bond donors (Lipinski definition) is 0. The van der Waals surface area contributed by atoms with Crippen molar-refractivity contribution < 1.29 is 0 Å². The van der Waals surface area contributed by atoms with E-state index in [0.717, 1.165) is 10.00 Å². The van der Waals surface area contributed by atoms with Gasteiger partial charge >= 0.3 is 0 Å². The minimum atomic E-state index is 0.790. The third-order valence-corrected chi connectivity index (χ3v) is 44.9. The van der Waals surface area contributed by atoms with E-state index in [1.165, 1.54) is 307 Å². The molecule has 3 aromatic carbocycles. The first kappa shape index (κ1) is 88.7. The minimum absolute atomic E-state index is 0.790. The summed E-state index contributed by atoms with van der Waals surface area (Å²) >= 11 is 40.6. The molecule has 1 aliphatic carbocycles. The molecule has 18 rings (SSSR count). The fourth-order valence-electron chi connectivity index (χ4n) is 8.92. The molecule has 12 saturated heterocycles. The van der Waals surface area contributed by atoms with Gasteiger partial charge in [-0.05, 0) is 165 Å². The van der Waals surface area contributed by atoms with Crippen LogP contribution in [0.25, 0.3) is 0 Å². The van der Waals surface area contributed by atoms with Gasteiger partial charge in [0, 0.05) is 140 Å². The fraction of sp³-hybridized carbons (Fsp3) is 0.735. The van der Waals surface area contributed by atoms with E-state index in [0.29, 0.717) is 0 Å². The Labute approximate surface area is 666 Å². The zero-order chi connectivity index (χ0) is 64.2. The van der Waals surface area contributed by atoms with Crippen LogP contribution in [0.1, 0.15) is 122 Å². The molecule has 0 bridgehead atoms. The number of hydrogen-bond acceptors (Lipinski definition) is 24. The van der Waals surface area contributed by atoms with Crippen molar-refractivity contribution in [1.29, 1.82) is 0 Å². The van der Waals surface area contributed by atoms with Gasteiger partial charge in [0.2, 0.25) is 0 Å². The maximum atomic E-state index is 2.28. The molecule has 13 fully saturated rings. The van der Waals surface area contributed by atoms with Crippen LogP contribution in [0, 0.1) is 0 Å². The molecule has 15 aliphatic rings. The molecule has 526 valence electrons. The number of benzene rings is 3. The predicted molar refractivity (Wildman–Crippen MR) is 488 cm³/mol. The highest BCUT2D eigenvalue weighted by Gasteiger charge is 2.35. The van der Waals surface area contributed by atoms with Crippen molar-refractivity contribution >= 4 is 278 Å². The Morgan fingerprint density at radius 3 is 0.880 bits per heavy atom. The van der Waals surface area contributed by atoms with Crippen LogP contribution in [0.15, 0.2) is 102 Å². The molecular formula is C68H110S24. The molecule has 1 atom stereocenters. The predicted octanol–water partition coefficient (Wildman–Crippen LogP) is 28.5. The van der Waals surface area contributed by atoms with E-state index in [1.807, 2.05) is 196 Å². The molecule has 0 amide bonds. The first-order valence-electron chi connectivity index (χ1n) is 33.4. The first-order valence-corrected chi connectivity index (χ1v) is 60.2. The highest BCUT2D eigenvalue weighted by Crippen LogP contribution is 2.49. The molecule has 0 aromatic heterocycles. The summed E-state index contributed by atoms with van der Waals surface area (Å²) in [6.07, 6.45) is 26.7. The third-order valence-electron chi connectivity index (χ3n) is 14.0. The molecule has 1 unspecified atom stereocenters. The largest absolute Gasteiger partial charge is 0.162 e. The van der Waals surface area contributed by atoms with E-state index in [9.17, 15) is 0 Å². The van der Waals surface area contributed by atoms with Crippen LogP contribution in [0.5, 0.6) is 0 Å². The van der Waals surface area contributed by atoms with Crippen molar-refractivity contribution in [2.45, 2.75) is 162 Å². The zero-order valence-corrected chi connectivity index (χ0v) is 74.6. The van der Waals surface area contributed by atoms with Crippen molar-refractivity contribution in [2.24, 2.45) is 0 Å². The second kappa shape index (κ2) is 66.5. The van der Waals surface area contributed by atoms with Crippen LogP contribution in [0.4, 0.5) is 0 Å². The molecule has 14 heterocycles. The van der Waals surface area contributed by atoms with Crippen LogP contribution in [0.3, 0.4) is 0 Å². The minimum Gasteiger partial charge on any atom is -0.162 e. The Kier molecular flexibility index (Phi) is 64.1. The molecule has 1 saturated carbocycles. The highest BCUT2D eigenvalue weighted by molar-refractivity contribution is 8.82. The molecule has 0 nitrogen and oxygen atoms in total. The molecule has 0 radical (unpaired) electrons. The van der Waals surface area contributed by atoms with Gasteiger partial charge in [-0.3, -0.25) is 0 Å². The van der Waals surface area contributed by atoms with Crippen molar-refractivity contribution in [2.75, 3.05) is 162 Å². The van der Waals surface area contributed by atoms with Gasteiger partial charge in [0.25, 0.3) is 0 Å². The lowest BCUT2D eigenvalue weighted by Crippen LogP contribution is -2.23. The molecule has 3 aromatic rings. The van der Waals surface area contributed by atoms with Crippen molar-refractivity contribution in [3.8, 4) is 0 Å². The van der Waals surface area contributed by atoms with Crippen LogP contribution in [-0.2, 0) is 0 Å². The van der Waals surface area contributed by atoms with Gasteiger partial charge in [-0.25, -0.2) is 0 Å². The van der Waals surface area contributed by atoms with Crippen LogP contribution >= 0.6 is 278 Å². The number of thioether (sulfide) groups is 18. The van der Waals surface area contributed by atoms with Crippen molar-refractivity contribution in [1.82, 2.24) is 0 Å². The van der Waals surface area contributed by atoms with Crippen LogP contribution < -0.4 is 0 Å². The average molecular weight is 1700 g/mol. The Morgan fingerprint density at radius 2 is 0.598 bits per heavy atom.